The molecule has 0 aromatic heterocycles. The smallest absolute Gasteiger partial charge is 0.312 e. The van der Waals surface area contributed by atoms with E-state index in [1.54, 1.807) is 38.1 Å². The van der Waals surface area contributed by atoms with Crippen LogP contribution in [0.4, 0.5) is 10.5 Å². The van der Waals surface area contributed by atoms with Crippen LogP contribution in [0.1, 0.15) is 39.2 Å². The first-order chi connectivity index (χ1) is 17.0. The van der Waals surface area contributed by atoms with E-state index in [1.165, 1.54) is 6.92 Å². The van der Waals surface area contributed by atoms with Crippen molar-refractivity contribution in [2.75, 3.05) is 18.4 Å². The van der Waals surface area contributed by atoms with Crippen molar-refractivity contribution < 1.29 is 28.7 Å². The quantitative estimate of drug-likeness (QED) is 0.0819. The van der Waals surface area contributed by atoms with Crippen molar-refractivity contribution in [2.24, 2.45) is 16.8 Å². The minimum Gasteiger partial charge on any atom is -0.461 e. The number of carbonyl (C=O) groups is 5. The molecular weight excluding hydrogens is 472 g/mol. The summed E-state index contributed by atoms with van der Waals surface area (Å²) in [6, 6.07) is 3.91. The molecule has 0 radical (unpaired) electrons. The number of rotatable bonds is 14. The highest BCUT2D eigenvalue weighted by atomic mass is 16.5. The van der Waals surface area contributed by atoms with Crippen molar-refractivity contribution in [3.05, 3.63) is 40.3 Å². The maximum absolute atomic E-state index is 13.0. The monoisotopic (exact) mass is 504 g/mol. The fraction of sp³-hybridized carbons (Fsp3) is 0.500. The van der Waals surface area contributed by atoms with Crippen molar-refractivity contribution in [2.45, 2.75) is 52.3 Å². The first-order valence-electron chi connectivity index (χ1n) is 11.2. The zero-order valence-electron chi connectivity index (χ0n) is 20.4. The average molecular weight is 505 g/mol. The SMILES string of the molecule is CC(=O)OCc1ccc(NC(=O)[C@H](CCCNC(N)=O)NC(=O)[C@@H](NC(=O)CN=[N+]=[N-])C(C)C)cc1. The highest BCUT2D eigenvalue weighted by Crippen LogP contribution is 2.12. The number of carbonyl (C=O) groups excluding carboxylic acids is 5. The van der Waals surface area contributed by atoms with Crippen molar-refractivity contribution in [1.82, 2.24) is 16.0 Å². The van der Waals surface area contributed by atoms with Crippen LogP contribution in [0.5, 0.6) is 0 Å². The van der Waals surface area contributed by atoms with Gasteiger partial charge < -0.3 is 31.7 Å². The molecule has 0 aliphatic carbocycles. The predicted molar refractivity (Wildman–Crippen MR) is 130 cm³/mol. The van der Waals surface area contributed by atoms with E-state index in [2.05, 4.69) is 31.3 Å². The number of hydrogen-bond acceptors (Lipinski definition) is 7. The lowest BCUT2D eigenvalue weighted by Crippen LogP contribution is -2.55. The van der Waals surface area contributed by atoms with Crippen LogP contribution in [0.15, 0.2) is 29.4 Å². The molecule has 0 fully saturated rings. The lowest BCUT2D eigenvalue weighted by Gasteiger charge is -2.25. The van der Waals surface area contributed by atoms with Gasteiger partial charge in [-0.25, -0.2) is 4.79 Å². The Morgan fingerprint density at radius 3 is 2.31 bits per heavy atom. The number of benzene rings is 1. The van der Waals surface area contributed by atoms with Gasteiger partial charge in [0.05, 0.1) is 0 Å². The van der Waals surface area contributed by atoms with E-state index in [0.717, 1.165) is 5.56 Å². The highest BCUT2D eigenvalue weighted by molar-refractivity contribution is 5.98. The van der Waals surface area contributed by atoms with Gasteiger partial charge in [-0.1, -0.05) is 31.1 Å². The topological polar surface area (TPSA) is 217 Å². The molecule has 5 amide bonds. The maximum Gasteiger partial charge on any atom is 0.312 e. The molecular formula is C22H32N8O6. The molecule has 0 unspecified atom stereocenters. The van der Waals surface area contributed by atoms with Gasteiger partial charge in [0.2, 0.25) is 17.7 Å². The third kappa shape index (κ3) is 11.7. The molecule has 0 aliphatic rings. The average Bonchev–Trinajstić information content (AvgIpc) is 2.81. The molecule has 0 spiro atoms. The second kappa shape index (κ2) is 15.6. The summed E-state index contributed by atoms with van der Waals surface area (Å²) in [5.41, 5.74) is 14.6. The third-order valence-corrected chi connectivity index (χ3v) is 4.81. The van der Waals surface area contributed by atoms with Gasteiger partial charge in [-0.15, -0.1) is 0 Å². The van der Waals surface area contributed by atoms with E-state index in [9.17, 15) is 24.0 Å². The van der Waals surface area contributed by atoms with Gasteiger partial charge in [0.15, 0.2) is 0 Å². The van der Waals surface area contributed by atoms with Crippen molar-refractivity contribution in [3.8, 4) is 0 Å². The number of anilines is 1. The number of nitrogens with zero attached hydrogens (tertiary/aromatic N) is 3. The maximum atomic E-state index is 13.0. The van der Waals surface area contributed by atoms with Gasteiger partial charge in [0.1, 0.15) is 25.2 Å². The zero-order valence-corrected chi connectivity index (χ0v) is 20.4. The van der Waals surface area contributed by atoms with Gasteiger partial charge in [0, 0.05) is 24.1 Å². The van der Waals surface area contributed by atoms with Gasteiger partial charge in [-0.2, -0.15) is 0 Å². The van der Waals surface area contributed by atoms with Gasteiger partial charge in [-0.3, -0.25) is 19.2 Å². The third-order valence-electron chi connectivity index (χ3n) is 4.81. The molecule has 2 atom stereocenters. The normalized spacial score (nSPS) is 11.9. The van der Waals surface area contributed by atoms with Crippen LogP contribution >= 0.6 is 0 Å². The first kappa shape index (κ1) is 29.7. The lowest BCUT2D eigenvalue weighted by atomic mass is 10.0. The Morgan fingerprint density at radius 1 is 1.08 bits per heavy atom. The molecule has 1 aromatic rings. The van der Waals surface area contributed by atoms with E-state index in [-0.39, 0.29) is 25.5 Å². The fourth-order valence-electron chi connectivity index (χ4n) is 3.00. The summed E-state index contributed by atoms with van der Waals surface area (Å²) < 4.78 is 4.93. The molecule has 6 N–H and O–H groups in total. The molecule has 36 heavy (non-hydrogen) atoms. The van der Waals surface area contributed by atoms with Gasteiger partial charge in [0.25, 0.3) is 0 Å². The van der Waals surface area contributed by atoms with E-state index in [4.69, 9.17) is 16.0 Å². The van der Waals surface area contributed by atoms with Crippen LogP contribution in [0.25, 0.3) is 10.4 Å². The number of nitrogens with two attached hydrogens (primary N) is 1. The predicted octanol–water partition coefficient (Wildman–Crippen LogP) is 1.07. The molecule has 196 valence electrons. The number of esters is 1. The minimum atomic E-state index is -0.997. The van der Waals surface area contributed by atoms with Crippen molar-refractivity contribution in [3.63, 3.8) is 0 Å². The molecule has 0 heterocycles. The summed E-state index contributed by atoms with van der Waals surface area (Å²) in [7, 11) is 0. The van der Waals surface area contributed by atoms with Gasteiger partial charge >= 0.3 is 12.0 Å². The Balaban J connectivity index is 2.92. The van der Waals surface area contributed by atoms with Crippen LogP contribution in [0.3, 0.4) is 0 Å². The summed E-state index contributed by atoms with van der Waals surface area (Å²) in [4.78, 5) is 62.2. The summed E-state index contributed by atoms with van der Waals surface area (Å²) in [6.07, 6.45) is 0.498. The van der Waals surface area contributed by atoms with Crippen LogP contribution in [0, 0.1) is 5.92 Å². The summed E-state index contributed by atoms with van der Waals surface area (Å²) in [5.74, 6) is -2.49. The van der Waals surface area contributed by atoms with Crippen LogP contribution in [-0.2, 0) is 30.5 Å². The molecule has 14 nitrogen and oxygen atoms in total. The van der Waals surface area contributed by atoms with E-state index in [1.807, 2.05) is 0 Å². The number of nitrogens with one attached hydrogen (secondary N) is 4. The highest BCUT2D eigenvalue weighted by Gasteiger charge is 2.28. The fourth-order valence-corrected chi connectivity index (χ4v) is 3.00. The number of azide groups is 1. The lowest BCUT2D eigenvalue weighted by molar-refractivity contribution is -0.142. The Hall–Kier alpha value is -4.32. The summed E-state index contributed by atoms with van der Waals surface area (Å²) >= 11 is 0. The Kier molecular flexibility index (Phi) is 12.8. The number of amides is 5. The largest absolute Gasteiger partial charge is 0.461 e. The zero-order chi connectivity index (χ0) is 27.1. The van der Waals surface area contributed by atoms with E-state index < -0.39 is 48.4 Å². The minimum absolute atomic E-state index is 0.0943. The number of urea groups is 1. The molecule has 14 heteroatoms. The second-order valence-electron chi connectivity index (χ2n) is 8.14. The molecule has 1 aromatic carbocycles. The molecule has 0 aliphatic heterocycles. The summed E-state index contributed by atoms with van der Waals surface area (Å²) in [6.45, 7) is 4.54. The Bertz CT molecular complexity index is 975. The Labute approximate surface area is 208 Å². The number of hydrogen-bond donors (Lipinski definition) is 5. The molecule has 0 bridgehead atoms. The standard InChI is InChI=1S/C22H32N8O6/c1-13(2)19(29-18(32)11-26-30-24)21(34)28-17(5-4-10-25-22(23)35)20(33)27-16-8-6-15(7-9-16)12-36-14(3)31/h6-9,13,17,19H,4-5,10-12H2,1-3H3,(H,27,33)(H,28,34)(H,29,32)(H3,23,25,35)/t17-,19-/m0/s1. The van der Waals surface area contributed by atoms with Crippen molar-refractivity contribution in [1.29, 1.82) is 0 Å². The van der Waals surface area contributed by atoms with Crippen LogP contribution in [0.2, 0.25) is 0 Å². The molecule has 0 saturated heterocycles. The second-order valence-corrected chi connectivity index (χ2v) is 8.14. The van der Waals surface area contributed by atoms with Crippen molar-refractivity contribution >= 4 is 35.4 Å². The van der Waals surface area contributed by atoms with Crippen LogP contribution < -0.4 is 27.0 Å². The number of ether oxygens (including phenoxy) is 1. The number of primary amides is 1. The van der Waals surface area contributed by atoms with Crippen LogP contribution in [-0.4, -0.2) is 54.9 Å². The molecule has 0 saturated carbocycles. The summed E-state index contributed by atoms with van der Waals surface area (Å²) in [5, 5.41) is 13.4. The first-order valence-corrected chi connectivity index (χ1v) is 11.2. The Morgan fingerprint density at radius 2 is 1.75 bits per heavy atom. The van der Waals surface area contributed by atoms with E-state index >= 15 is 0 Å². The van der Waals surface area contributed by atoms with Gasteiger partial charge in [-0.05, 0) is 42.0 Å². The molecule has 1 rings (SSSR count). The van der Waals surface area contributed by atoms with E-state index in [0.29, 0.717) is 12.1 Å².